The number of aromatic nitrogens is 22. The summed E-state index contributed by atoms with van der Waals surface area (Å²) >= 11 is 3.28. The maximum absolute atomic E-state index is 5.01. The second-order valence-corrected chi connectivity index (χ2v) is 15.1. The Morgan fingerprint density at radius 1 is 0.362 bits per heavy atom. The Kier molecular flexibility index (Phi) is 68.3. The summed E-state index contributed by atoms with van der Waals surface area (Å²) in [7, 11) is 0. The van der Waals surface area contributed by atoms with Gasteiger partial charge < -0.3 is 18.8 Å². The number of rotatable bonds is 0. The lowest BCUT2D eigenvalue weighted by Gasteiger charge is -1.81. The van der Waals surface area contributed by atoms with E-state index < -0.39 is 0 Å². The predicted molar refractivity (Wildman–Crippen MR) is 394 cm³/mol. The van der Waals surface area contributed by atoms with Gasteiger partial charge in [-0.2, -0.15) is 56.5 Å². The third kappa shape index (κ3) is 42.4. The molecule has 0 aliphatic carbocycles. The number of thiazole rings is 2. The summed E-state index contributed by atoms with van der Waals surface area (Å²) in [5.41, 5.74) is 13.6. The Morgan fingerprint density at radius 2 is 0.915 bits per heavy atom. The van der Waals surface area contributed by atoms with E-state index in [1.54, 1.807) is 103 Å². The van der Waals surface area contributed by atoms with Gasteiger partial charge in [0.1, 0.15) is 39.4 Å². The molecule has 508 valence electrons. The summed E-state index contributed by atoms with van der Waals surface area (Å²) in [6, 6.07) is 36.9. The summed E-state index contributed by atoms with van der Waals surface area (Å²) in [4.78, 5) is 36.7. The highest BCUT2D eigenvalue weighted by Gasteiger charge is 1.95. The third-order valence-electron chi connectivity index (χ3n) is 8.67. The molecule has 0 amide bonds. The van der Waals surface area contributed by atoms with Crippen molar-refractivity contribution in [2.75, 3.05) is 0 Å². The van der Waals surface area contributed by atoms with Gasteiger partial charge >= 0.3 is 0 Å². The molecule has 0 unspecified atom stereocenters. The lowest BCUT2D eigenvalue weighted by atomic mass is 10.3. The molecule has 94 heavy (non-hydrogen) atoms. The van der Waals surface area contributed by atoms with Gasteiger partial charge in [-0.05, 0) is 66.7 Å². The van der Waals surface area contributed by atoms with Crippen LogP contribution in [0.4, 0.5) is 0 Å². The molecule has 0 bridgehead atoms. The minimum absolute atomic E-state index is 0.664. The first-order valence-corrected chi connectivity index (χ1v) is 33.4. The molecule has 0 saturated heterocycles. The summed E-state index contributed by atoms with van der Waals surface area (Å²) in [5, 5.41) is 41.8. The van der Waals surface area contributed by atoms with Crippen molar-refractivity contribution in [3.63, 3.8) is 0 Å². The molecule has 0 atom stereocenters. The monoisotopic (exact) mass is 1320 g/mol. The second kappa shape index (κ2) is 71.5. The molecule has 16 aromatic rings. The first-order chi connectivity index (χ1) is 46.8. The molecule has 24 nitrogen and oxygen atoms in total. The van der Waals surface area contributed by atoms with Crippen molar-refractivity contribution < 1.29 is 8.83 Å². The SMILES string of the molecule is CC.CC.CC.CC.CC.CC.CC.CC.CC.CC.c1c[nH]cn1.c1cc2n[nH]nc2cn1.c1ccc2[nH]cnc2c1.c1ccc2n[nH]nc2c1.c1ccc2ocnc2c1.c1ccc2scnc2c1.c1cn[nH]n1.c1cnc2n[nH]nc2c1.c1cocn1.c1cscn1. The Morgan fingerprint density at radius 3 is 1.38 bits per heavy atom. The minimum atomic E-state index is 0.664. The van der Waals surface area contributed by atoms with E-state index in [0.717, 1.165) is 55.2 Å². The van der Waals surface area contributed by atoms with Crippen molar-refractivity contribution in [1.82, 2.24) is 111 Å². The Hall–Kier alpha value is -10.6. The van der Waals surface area contributed by atoms with Crippen LogP contribution in [0.1, 0.15) is 138 Å². The first kappa shape index (κ1) is 89.8. The standard InChI is InChI=1S/C7H6N2.C7H5NO.C7H5NS.C6H5N3.2C5H4N4.C3H4N2.C3H3NO.C3H3NS.C2H3N3.10C2H6/c3*1-2-4-7-6(3-1)8-5-9-7;1-2-4-6-5(3-1)7-9-8-6;1-2-6-3-5-4(1)7-9-8-5;1-2-4-5(6-3-1)8-9-7-4;3*1-2-5-3-4-1;1-2-4-5-3-1;10*1-2/h1-5H,(H,8,9);2*1-5H;1-4H,(H,7,8,9);1-3H,(H,7,8,9);1-3H,(H,6,7,8,9);1-3H,(H,4,5);2*1-3H;1-2H,(H,3,4,5);10*1-2H3. The van der Waals surface area contributed by atoms with Crippen LogP contribution >= 0.6 is 22.7 Å². The van der Waals surface area contributed by atoms with E-state index in [4.69, 9.17) is 4.42 Å². The summed E-state index contributed by atoms with van der Waals surface area (Å²) < 4.78 is 10.7. The molecule has 0 aliphatic heterocycles. The maximum Gasteiger partial charge on any atom is 0.201 e. The number of H-pyrrole nitrogens is 6. The van der Waals surface area contributed by atoms with E-state index in [2.05, 4.69) is 122 Å². The van der Waals surface area contributed by atoms with Gasteiger partial charge in [0.05, 0.1) is 69.7 Å². The fourth-order valence-electron chi connectivity index (χ4n) is 5.39. The van der Waals surface area contributed by atoms with Crippen LogP contribution < -0.4 is 0 Å². The zero-order chi connectivity index (χ0) is 70.8. The summed E-state index contributed by atoms with van der Waals surface area (Å²) in [6.45, 7) is 40.0. The van der Waals surface area contributed by atoms with Crippen molar-refractivity contribution in [2.45, 2.75) is 138 Å². The van der Waals surface area contributed by atoms with Crippen molar-refractivity contribution in [1.29, 1.82) is 0 Å². The lowest BCUT2D eigenvalue weighted by Crippen LogP contribution is -1.71. The molecule has 26 heteroatoms. The van der Waals surface area contributed by atoms with E-state index in [-0.39, 0.29) is 0 Å². The van der Waals surface area contributed by atoms with Crippen LogP contribution in [-0.4, -0.2) is 111 Å². The largest absolute Gasteiger partial charge is 0.452 e. The van der Waals surface area contributed by atoms with Crippen molar-refractivity contribution in [3.05, 3.63) is 219 Å². The number of nitrogens with zero attached hydrogens (tertiary/aromatic N) is 16. The van der Waals surface area contributed by atoms with Gasteiger partial charge in [-0.25, -0.2) is 29.9 Å². The molecule has 12 heterocycles. The summed E-state index contributed by atoms with van der Waals surface area (Å²) in [6.07, 6.45) is 22.7. The number of pyridine rings is 2. The number of fused-ring (bicyclic) bond motifs is 6. The van der Waals surface area contributed by atoms with Gasteiger partial charge in [-0.1, -0.05) is 187 Å². The average Bonchev–Trinajstić information content (AvgIpc) is 3.39. The molecule has 0 aliphatic rings. The third-order valence-corrected chi connectivity index (χ3v) is 10.00. The van der Waals surface area contributed by atoms with E-state index in [0.29, 0.717) is 5.65 Å². The highest BCUT2D eigenvalue weighted by molar-refractivity contribution is 7.16. The molecule has 0 spiro atoms. The molecule has 12 aromatic heterocycles. The fraction of sp³-hybridized carbons (Fsp3) is 0.294. The maximum atomic E-state index is 5.01. The van der Waals surface area contributed by atoms with Crippen molar-refractivity contribution in [2.24, 2.45) is 0 Å². The number of hydrogen-bond acceptors (Lipinski definition) is 20. The number of aromatic amines is 6. The van der Waals surface area contributed by atoms with Gasteiger partial charge in [0.2, 0.25) is 5.65 Å². The van der Waals surface area contributed by atoms with Crippen LogP contribution in [0.2, 0.25) is 0 Å². The first-order valence-electron chi connectivity index (χ1n) is 31.6. The average molecular weight is 1320 g/mol. The fourth-order valence-corrected chi connectivity index (χ4v) is 6.42. The van der Waals surface area contributed by atoms with Gasteiger partial charge in [0.25, 0.3) is 0 Å². The normalized spacial score (nSPS) is 8.21. The van der Waals surface area contributed by atoms with Gasteiger partial charge in [-0.3, -0.25) is 9.97 Å². The van der Waals surface area contributed by atoms with Gasteiger partial charge in [0.15, 0.2) is 18.4 Å². The second-order valence-electron chi connectivity index (χ2n) is 13.5. The highest BCUT2D eigenvalue weighted by Crippen LogP contribution is 2.15. The van der Waals surface area contributed by atoms with E-state index in [1.807, 2.05) is 252 Å². The predicted octanol–water partition coefficient (Wildman–Crippen LogP) is 19.6. The van der Waals surface area contributed by atoms with Crippen LogP contribution in [-0.2, 0) is 0 Å². The zero-order valence-electron chi connectivity index (χ0n) is 58.6. The Bertz CT molecular complexity index is 2960. The molecule has 0 saturated carbocycles. The molecule has 6 N–H and O–H groups in total. The Labute approximate surface area is 563 Å². The van der Waals surface area contributed by atoms with Gasteiger partial charge in [0, 0.05) is 36.4 Å². The van der Waals surface area contributed by atoms with E-state index >= 15 is 0 Å². The van der Waals surface area contributed by atoms with E-state index in [9.17, 15) is 0 Å². The van der Waals surface area contributed by atoms with Crippen LogP contribution in [0.25, 0.3) is 65.6 Å². The van der Waals surface area contributed by atoms with E-state index in [1.165, 1.54) is 23.8 Å². The smallest absolute Gasteiger partial charge is 0.201 e. The number of hydrogen-bond donors (Lipinski definition) is 6. The van der Waals surface area contributed by atoms with Crippen molar-refractivity contribution in [3.8, 4) is 0 Å². The van der Waals surface area contributed by atoms with Crippen LogP contribution in [0.5, 0.6) is 0 Å². The number of oxazole rings is 2. The minimum Gasteiger partial charge on any atom is -0.452 e. The number of benzene rings is 4. The number of nitrogens with one attached hydrogen (secondary N) is 6. The highest BCUT2D eigenvalue weighted by atomic mass is 32.1. The van der Waals surface area contributed by atoms with Crippen LogP contribution in [0.3, 0.4) is 0 Å². The molecule has 0 radical (unpaired) electrons. The zero-order valence-corrected chi connectivity index (χ0v) is 60.2. The van der Waals surface area contributed by atoms with Crippen molar-refractivity contribution >= 4 is 88.3 Å². The van der Waals surface area contributed by atoms with Gasteiger partial charge in [-0.15, -0.1) is 27.8 Å². The van der Waals surface area contributed by atoms with Crippen LogP contribution in [0, 0.1) is 0 Å². The molecular formula is C68H102N22O2S2. The topological polar surface area (TPSA) is 327 Å². The summed E-state index contributed by atoms with van der Waals surface area (Å²) in [5.74, 6) is 0. The molecule has 0 fully saturated rings. The lowest BCUT2D eigenvalue weighted by molar-refractivity contribution is 0.558. The molecular weight excluding hydrogens is 1220 g/mol. The number of imidazole rings is 2. The van der Waals surface area contributed by atoms with Crippen LogP contribution in [0.15, 0.2) is 228 Å². The number of para-hydroxylation sites is 7. The quantitative estimate of drug-likeness (QED) is 0.0821. The molecule has 4 aromatic carbocycles. The molecule has 16 rings (SSSR count). The Balaban J connectivity index is -0.000000468.